The Kier molecular flexibility index (Phi) is 6.51. The summed E-state index contributed by atoms with van der Waals surface area (Å²) in [5.74, 6) is 0.149. The van der Waals surface area contributed by atoms with Crippen LogP contribution in [0.2, 0.25) is 5.02 Å². The van der Waals surface area contributed by atoms with Crippen LogP contribution in [0.25, 0.3) is 6.08 Å². The summed E-state index contributed by atoms with van der Waals surface area (Å²) in [6.45, 7) is 1.80. The highest BCUT2D eigenvalue weighted by atomic mass is 35.5. The number of ether oxygens (including phenoxy) is 1. The Labute approximate surface area is 153 Å². The van der Waals surface area contributed by atoms with Gasteiger partial charge >= 0.3 is 5.97 Å². The molecule has 0 radical (unpaired) electrons. The van der Waals surface area contributed by atoms with Crippen molar-refractivity contribution in [1.29, 1.82) is 0 Å². The van der Waals surface area contributed by atoms with Gasteiger partial charge in [-0.05, 0) is 31.2 Å². The second-order valence-electron chi connectivity index (χ2n) is 5.13. The number of aryl methyl sites for hydroxylation is 1. The Bertz CT molecular complexity index is 859. The lowest BCUT2D eigenvalue weighted by molar-refractivity contribution is -0.384. The molecule has 136 valence electrons. The van der Waals surface area contributed by atoms with Crippen LogP contribution in [0.4, 0.5) is 5.69 Å². The summed E-state index contributed by atoms with van der Waals surface area (Å²) in [6, 6.07) is 7.02. The average Bonchev–Trinajstić information content (AvgIpc) is 3.02. The van der Waals surface area contributed by atoms with Crippen molar-refractivity contribution < 1.29 is 23.7 Å². The van der Waals surface area contributed by atoms with Crippen LogP contribution >= 0.6 is 11.6 Å². The molecular weight excluding hydrogens is 364 g/mol. The largest absolute Gasteiger partial charge is 0.462 e. The van der Waals surface area contributed by atoms with Gasteiger partial charge in [0.15, 0.2) is 0 Å². The smallest absolute Gasteiger partial charge is 0.330 e. The molecule has 8 nitrogen and oxygen atoms in total. The van der Waals surface area contributed by atoms with E-state index in [1.54, 1.807) is 19.1 Å². The molecule has 0 aliphatic heterocycles. The molecule has 2 aromatic rings. The van der Waals surface area contributed by atoms with Crippen LogP contribution in [-0.4, -0.2) is 30.0 Å². The number of hydrogen-bond donors (Lipinski definition) is 1. The first-order chi connectivity index (χ1) is 12.4. The first kappa shape index (κ1) is 19.2. The van der Waals surface area contributed by atoms with E-state index >= 15 is 0 Å². The van der Waals surface area contributed by atoms with Crippen molar-refractivity contribution in [3.05, 3.63) is 68.6 Å². The van der Waals surface area contributed by atoms with E-state index < -0.39 is 16.8 Å². The monoisotopic (exact) mass is 378 g/mol. The van der Waals surface area contributed by atoms with Crippen molar-refractivity contribution in [2.45, 2.75) is 6.92 Å². The molecule has 0 spiro atoms. The molecule has 0 saturated heterocycles. The van der Waals surface area contributed by atoms with Crippen molar-refractivity contribution in [1.82, 2.24) is 5.32 Å². The van der Waals surface area contributed by atoms with E-state index in [9.17, 15) is 19.7 Å². The van der Waals surface area contributed by atoms with Crippen molar-refractivity contribution in [3.8, 4) is 0 Å². The first-order valence-corrected chi connectivity index (χ1v) is 7.88. The summed E-state index contributed by atoms with van der Waals surface area (Å²) >= 11 is 5.86. The van der Waals surface area contributed by atoms with E-state index in [-0.39, 0.29) is 29.4 Å². The molecule has 0 aliphatic carbocycles. The summed E-state index contributed by atoms with van der Waals surface area (Å²) in [4.78, 5) is 33.6. The molecular formula is C17H15ClN2O6. The number of nitrogens with one attached hydrogen (secondary N) is 1. The first-order valence-electron chi connectivity index (χ1n) is 7.50. The Hall–Kier alpha value is -3.13. The highest BCUT2D eigenvalue weighted by Gasteiger charge is 2.14. The number of non-ortho nitro benzene ring substituents is 1. The number of amides is 1. The van der Waals surface area contributed by atoms with E-state index in [0.717, 1.165) is 11.8 Å². The third-order valence-electron chi connectivity index (χ3n) is 3.18. The summed E-state index contributed by atoms with van der Waals surface area (Å²) < 4.78 is 10.2. The highest BCUT2D eigenvalue weighted by Crippen LogP contribution is 2.22. The van der Waals surface area contributed by atoms with E-state index in [4.69, 9.17) is 20.8 Å². The maximum absolute atomic E-state index is 12.0. The van der Waals surface area contributed by atoms with Crippen LogP contribution in [0.3, 0.4) is 0 Å². The normalized spacial score (nSPS) is 10.7. The molecule has 0 unspecified atom stereocenters. The van der Waals surface area contributed by atoms with Crippen LogP contribution in [0.5, 0.6) is 0 Å². The summed E-state index contributed by atoms with van der Waals surface area (Å²) in [5, 5.41) is 13.1. The van der Waals surface area contributed by atoms with Gasteiger partial charge in [-0.3, -0.25) is 14.9 Å². The predicted octanol–water partition coefficient (Wildman–Crippen LogP) is 3.14. The average molecular weight is 379 g/mol. The number of rotatable bonds is 7. The van der Waals surface area contributed by atoms with Gasteiger partial charge in [0.1, 0.15) is 18.1 Å². The second-order valence-corrected chi connectivity index (χ2v) is 5.53. The topological polar surface area (TPSA) is 112 Å². The molecule has 2 rings (SSSR count). The standard InChI is InChI=1S/C17H15ClN2O6/c1-11-2-4-13(26-11)5-7-16(21)25-9-8-19-17(22)14-6-3-12(20(23)24)10-15(14)18/h2-7,10H,8-9H2,1H3,(H,19,22)/b7-5+. The molecule has 1 heterocycles. The van der Waals surface area contributed by atoms with Gasteiger partial charge in [0.25, 0.3) is 11.6 Å². The molecule has 0 saturated carbocycles. The Morgan fingerprint density at radius 3 is 2.73 bits per heavy atom. The summed E-state index contributed by atoms with van der Waals surface area (Å²) in [6.07, 6.45) is 2.69. The van der Waals surface area contributed by atoms with Gasteiger partial charge in [-0.1, -0.05) is 11.6 Å². The number of benzene rings is 1. The Morgan fingerprint density at radius 1 is 1.35 bits per heavy atom. The van der Waals surface area contributed by atoms with Gasteiger partial charge in [-0.25, -0.2) is 4.79 Å². The molecule has 0 atom stereocenters. The van der Waals surface area contributed by atoms with Crippen molar-refractivity contribution in [2.75, 3.05) is 13.2 Å². The fraction of sp³-hybridized carbons (Fsp3) is 0.176. The quantitative estimate of drug-likeness (QED) is 0.260. The molecule has 9 heteroatoms. The number of halogens is 1. The number of carbonyl (C=O) groups is 2. The van der Waals surface area contributed by atoms with Crippen molar-refractivity contribution in [2.24, 2.45) is 0 Å². The van der Waals surface area contributed by atoms with E-state index in [1.165, 1.54) is 24.3 Å². The second kappa shape index (κ2) is 8.82. The molecule has 0 aliphatic rings. The van der Waals surface area contributed by atoms with E-state index in [2.05, 4.69) is 5.32 Å². The SMILES string of the molecule is Cc1ccc(/C=C/C(=O)OCCNC(=O)c2ccc([N+](=O)[O-])cc2Cl)o1. The summed E-state index contributed by atoms with van der Waals surface area (Å²) in [5.41, 5.74) is -0.115. The number of nitro benzene ring substituents is 1. The van der Waals surface area contributed by atoms with Crippen molar-refractivity contribution in [3.63, 3.8) is 0 Å². The van der Waals surface area contributed by atoms with Gasteiger partial charge in [0, 0.05) is 18.2 Å². The molecule has 1 aromatic heterocycles. The Balaban J connectivity index is 1.77. The van der Waals surface area contributed by atoms with Crippen LogP contribution in [-0.2, 0) is 9.53 Å². The van der Waals surface area contributed by atoms with Gasteiger partial charge in [0.2, 0.25) is 0 Å². The van der Waals surface area contributed by atoms with Gasteiger partial charge in [0.05, 0.1) is 22.1 Å². The van der Waals surface area contributed by atoms with Gasteiger partial charge in [-0.2, -0.15) is 0 Å². The minimum atomic E-state index is -0.607. The summed E-state index contributed by atoms with van der Waals surface area (Å²) in [7, 11) is 0. The molecule has 1 aromatic carbocycles. The zero-order valence-corrected chi connectivity index (χ0v) is 14.5. The number of nitro groups is 1. The maximum atomic E-state index is 12.0. The van der Waals surface area contributed by atoms with Crippen molar-refractivity contribution >= 4 is 35.2 Å². The molecule has 1 amide bonds. The van der Waals surface area contributed by atoms with Crippen LogP contribution < -0.4 is 5.32 Å². The van der Waals surface area contributed by atoms with E-state index in [1.807, 2.05) is 0 Å². The minimum Gasteiger partial charge on any atom is -0.462 e. The van der Waals surface area contributed by atoms with Crippen LogP contribution in [0.1, 0.15) is 21.9 Å². The lowest BCUT2D eigenvalue weighted by atomic mass is 10.2. The predicted molar refractivity (Wildman–Crippen MR) is 93.9 cm³/mol. The van der Waals surface area contributed by atoms with Crippen LogP contribution in [0, 0.1) is 17.0 Å². The third-order valence-corrected chi connectivity index (χ3v) is 3.50. The third kappa shape index (κ3) is 5.45. The lowest BCUT2D eigenvalue weighted by Gasteiger charge is -2.07. The number of nitrogens with zero attached hydrogens (tertiary/aromatic N) is 1. The van der Waals surface area contributed by atoms with Gasteiger partial charge in [-0.15, -0.1) is 0 Å². The Morgan fingerprint density at radius 2 is 2.12 bits per heavy atom. The van der Waals surface area contributed by atoms with Gasteiger partial charge < -0.3 is 14.5 Å². The molecule has 0 bridgehead atoms. The zero-order valence-electron chi connectivity index (χ0n) is 13.7. The fourth-order valence-electron chi connectivity index (χ4n) is 1.95. The molecule has 0 fully saturated rings. The fourth-order valence-corrected chi connectivity index (χ4v) is 2.22. The maximum Gasteiger partial charge on any atom is 0.330 e. The van der Waals surface area contributed by atoms with E-state index in [0.29, 0.717) is 5.76 Å². The number of carbonyl (C=O) groups excluding carboxylic acids is 2. The number of hydrogen-bond acceptors (Lipinski definition) is 6. The van der Waals surface area contributed by atoms with Crippen LogP contribution in [0.15, 0.2) is 40.8 Å². The lowest BCUT2D eigenvalue weighted by Crippen LogP contribution is -2.28. The zero-order chi connectivity index (χ0) is 19.1. The highest BCUT2D eigenvalue weighted by molar-refractivity contribution is 6.34. The number of esters is 1. The number of furan rings is 1. The molecule has 1 N–H and O–H groups in total. The molecule has 26 heavy (non-hydrogen) atoms. The minimum absolute atomic E-state index is 0.0367.